The standard InChI is InChI=1S/C14H19ClFNO/c1-2-3-14(10-6-7-17-9-10)18-11-4-5-12(15)13(16)8-11/h4-5,8,10,14,17H,2-3,6-7,9H2,1H3/t10-,14-/m0/s1. The summed E-state index contributed by atoms with van der Waals surface area (Å²) in [5.41, 5.74) is 0. The van der Waals surface area contributed by atoms with E-state index in [1.807, 2.05) is 0 Å². The van der Waals surface area contributed by atoms with Crippen LogP contribution in [0.25, 0.3) is 0 Å². The van der Waals surface area contributed by atoms with Crippen molar-refractivity contribution in [2.75, 3.05) is 13.1 Å². The average Bonchev–Trinajstić information content (AvgIpc) is 2.87. The largest absolute Gasteiger partial charge is 0.490 e. The SMILES string of the molecule is CCC[C@H](Oc1ccc(Cl)c(F)c1)[C@H]1CCNC1. The highest BCUT2D eigenvalue weighted by molar-refractivity contribution is 6.30. The highest BCUT2D eigenvalue weighted by Gasteiger charge is 2.25. The van der Waals surface area contributed by atoms with Crippen LogP contribution in [0.3, 0.4) is 0 Å². The van der Waals surface area contributed by atoms with Gasteiger partial charge >= 0.3 is 0 Å². The molecule has 1 aromatic carbocycles. The fourth-order valence-electron chi connectivity index (χ4n) is 2.39. The van der Waals surface area contributed by atoms with Crippen molar-refractivity contribution >= 4 is 11.6 Å². The van der Waals surface area contributed by atoms with Gasteiger partial charge in [0, 0.05) is 18.5 Å². The Balaban J connectivity index is 2.04. The first-order chi connectivity index (χ1) is 8.70. The number of halogens is 2. The second-order valence-electron chi connectivity index (χ2n) is 4.77. The minimum Gasteiger partial charge on any atom is -0.490 e. The van der Waals surface area contributed by atoms with Crippen LogP contribution >= 0.6 is 11.6 Å². The van der Waals surface area contributed by atoms with Crippen LogP contribution in [0, 0.1) is 11.7 Å². The lowest BCUT2D eigenvalue weighted by atomic mass is 9.97. The quantitative estimate of drug-likeness (QED) is 0.883. The summed E-state index contributed by atoms with van der Waals surface area (Å²) in [6.07, 6.45) is 3.35. The van der Waals surface area contributed by atoms with Gasteiger partial charge in [-0.15, -0.1) is 0 Å². The molecule has 0 saturated carbocycles. The van der Waals surface area contributed by atoms with Crippen molar-refractivity contribution < 1.29 is 9.13 Å². The molecular weight excluding hydrogens is 253 g/mol. The van der Waals surface area contributed by atoms with Crippen molar-refractivity contribution in [2.24, 2.45) is 5.92 Å². The number of benzene rings is 1. The van der Waals surface area contributed by atoms with Crippen LogP contribution in [0.1, 0.15) is 26.2 Å². The van der Waals surface area contributed by atoms with Crippen LogP contribution < -0.4 is 10.1 Å². The molecule has 1 saturated heterocycles. The zero-order valence-corrected chi connectivity index (χ0v) is 11.3. The van der Waals surface area contributed by atoms with Crippen molar-refractivity contribution in [3.63, 3.8) is 0 Å². The monoisotopic (exact) mass is 271 g/mol. The maximum atomic E-state index is 13.4. The molecule has 1 aliphatic rings. The summed E-state index contributed by atoms with van der Waals surface area (Å²) in [7, 11) is 0. The van der Waals surface area contributed by atoms with Gasteiger partial charge in [-0.3, -0.25) is 0 Å². The van der Waals surface area contributed by atoms with E-state index in [9.17, 15) is 4.39 Å². The maximum absolute atomic E-state index is 13.4. The Bertz CT molecular complexity index is 393. The van der Waals surface area contributed by atoms with Crippen molar-refractivity contribution in [3.8, 4) is 5.75 Å². The van der Waals surface area contributed by atoms with Gasteiger partial charge in [0.1, 0.15) is 17.7 Å². The molecule has 0 unspecified atom stereocenters. The van der Waals surface area contributed by atoms with Crippen LogP contribution in [0.4, 0.5) is 4.39 Å². The molecule has 1 heterocycles. The van der Waals surface area contributed by atoms with Gasteiger partial charge in [0.05, 0.1) is 5.02 Å². The molecule has 1 aromatic rings. The molecule has 1 fully saturated rings. The maximum Gasteiger partial charge on any atom is 0.145 e. The van der Waals surface area contributed by atoms with Crippen molar-refractivity contribution in [2.45, 2.75) is 32.3 Å². The summed E-state index contributed by atoms with van der Waals surface area (Å²) in [6, 6.07) is 4.64. The Morgan fingerprint density at radius 3 is 3.00 bits per heavy atom. The molecule has 2 nitrogen and oxygen atoms in total. The van der Waals surface area contributed by atoms with Crippen molar-refractivity contribution in [1.29, 1.82) is 0 Å². The smallest absolute Gasteiger partial charge is 0.145 e. The molecule has 2 rings (SSSR count). The fourth-order valence-corrected chi connectivity index (χ4v) is 2.51. The van der Waals surface area contributed by atoms with E-state index >= 15 is 0 Å². The Labute approximate surface area is 112 Å². The fraction of sp³-hybridized carbons (Fsp3) is 0.571. The first kappa shape index (κ1) is 13.6. The molecule has 0 spiro atoms. The van der Waals surface area contributed by atoms with Gasteiger partial charge < -0.3 is 10.1 Å². The summed E-state index contributed by atoms with van der Waals surface area (Å²) in [6.45, 7) is 4.17. The molecule has 0 amide bonds. The molecule has 1 N–H and O–H groups in total. The average molecular weight is 272 g/mol. The Hall–Kier alpha value is -0.800. The molecular formula is C14H19ClFNO. The van der Waals surface area contributed by atoms with Crippen LogP contribution in [0.15, 0.2) is 18.2 Å². The molecule has 0 radical (unpaired) electrons. The van der Waals surface area contributed by atoms with E-state index in [0.717, 1.165) is 32.4 Å². The van der Waals surface area contributed by atoms with E-state index in [-0.39, 0.29) is 11.1 Å². The van der Waals surface area contributed by atoms with Crippen LogP contribution in [0.5, 0.6) is 5.75 Å². The minimum absolute atomic E-state index is 0.136. The third-order valence-electron chi connectivity index (χ3n) is 3.38. The van der Waals surface area contributed by atoms with Gasteiger partial charge in [0.15, 0.2) is 0 Å². The van der Waals surface area contributed by atoms with E-state index < -0.39 is 5.82 Å². The normalized spacial score (nSPS) is 20.9. The van der Waals surface area contributed by atoms with Gasteiger partial charge in [0.2, 0.25) is 0 Å². The van der Waals surface area contributed by atoms with E-state index in [0.29, 0.717) is 11.7 Å². The number of rotatable bonds is 5. The summed E-state index contributed by atoms with van der Waals surface area (Å²) >= 11 is 5.66. The highest BCUT2D eigenvalue weighted by Crippen LogP contribution is 2.26. The topological polar surface area (TPSA) is 21.3 Å². The Morgan fingerprint density at radius 1 is 1.56 bits per heavy atom. The van der Waals surface area contributed by atoms with Gasteiger partial charge in [-0.05, 0) is 31.5 Å². The number of ether oxygens (including phenoxy) is 1. The van der Waals surface area contributed by atoms with Gasteiger partial charge in [-0.1, -0.05) is 24.9 Å². The number of hydrogen-bond acceptors (Lipinski definition) is 2. The first-order valence-corrected chi connectivity index (χ1v) is 6.91. The molecule has 0 aliphatic carbocycles. The number of hydrogen-bond donors (Lipinski definition) is 1. The zero-order valence-electron chi connectivity index (χ0n) is 10.6. The molecule has 4 heteroatoms. The third-order valence-corrected chi connectivity index (χ3v) is 3.68. The Kier molecular flexibility index (Phi) is 4.84. The molecule has 1 aliphatic heterocycles. The molecule has 0 aromatic heterocycles. The lowest BCUT2D eigenvalue weighted by Crippen LogP contribution is -2.28. The van der Waals surface area contributed by atoms with Crippen LogP contribution in [0.2, 0.25) is 5.02 Å². The summed E-state index contributed by atoms with van der Waals surface area (Å²) in [5, 5.41) is 3.48. The van der Waals surface area contributed by atoms with Gasteiger partial charge in [-0.25, -0.2) is 4.39 Å². The van der Waals surface area contributed by atoms with Crippen molar-refractivity contribution in [3.05, 3.63) is 29.0 Å². The predicted octanol–water partition coefficient (Wildman–Crippen LogP) is 3.64. The molecule has 18 heavy (non-hydrogen) atoms. The molecule has 100 valence electrons. The van der Waals surface area contributed by atoms with Crippen LogP contribution in [-0.4, -0.2) is 19.2 Å². The third kappa shape index (κ3) is 3.36. The second kappa shape index (κ2) is 6.39. The van der Waals surface area contributed by atoms with E-state index in [1.54, 1.807) is 12.1 Å². The second-order valence-corrected chi connectivity index (χ2v) is 5.18. The molecule has 2 atom stereocenters. The Morgan fingerprint density at radius 2 is 2.39 bits per heavy atom. The van der Waals surface area contributed by atoms with Gasteiger partial charge in [-0.2, -0.15) is 0 Å². The lowest BCUT2D eigenvalue weighted by Gasteiger charge is -2.24. The number of nitrogens with one attached hydrogen (secondary N) is 1. The summed E-state index contributed by atoms with van der Waals surface area (Å²) in [5.74, 6) is 0.667. The summed E-state index contributed by atoms with van der Waals surface area (Å²) in [4.78, 5) is 0. The first-order valence-electron chi connectivity index (χ1n) is 6.53. The van der Waals surface area contributed by atoms with E-state index in [4.69, 9.17) is 16.3 Å². The summed E-state index contributed by atoms with van der Waals surface area (Å²) < 4.78 is 19.3. The van der Waals surface area contributed by atoms with E-state index in [1.165, 1.54) is 6.07 Å². The van der Waals surface area contributed by atoms with Crippen molar-refractivity contribution in [1.82, 2.24) is 5.32 Å². The molecule has 0 bridgehead atoms. The predicted molar refractivity (Wildman–Crippen MR) is 71.7 cm³/mol. The zero-order chi connectivity index (χ0) is 13.0. The van der Waals surface area contributed by atoms with Crippen LogP contribution in [-0.2, 0) is 0 Å². The van der Waals surface area contributed by atoms with E-state index in [2.05, 4.69) is 12.2 Å². The highest BCUT2D eigenvalue weighted by atomic mass is 35.5. The lowest BCUT2D eigenvalue weighted by molar-refractivity contribution is 0.132. The minimum atomic E-state index is -0.422. The van der Waals surface area contributed by atoms with Gasteiger partial charge in [0.25, 0.3) is 0 Å².